The van der Waals surface area contributed by atoms with Crippen molar-refractivity contribution in [2.24, 2.45) is 5.10 Å². The molecule has 0 aromatic heterocycles. The Balaban J connectivity index is 1.89. The van der Waals surface area contributed by atoms with Crippen LogP contribution in [0.4, 0.5) is 0 Å². The minimum Gasteiger partial charge on any atom is -0.490 e. The summed E-state index contributed by atoms with van der Waals surface area (Å²) in [5.41, 5.74) is 4.26. The van der Waals surface area contributed by atoms with Crippen LogP contribution < -0.4 is 19.6 Å². The molecule has 27 heavy (non-hydrogen) atoms. The first-order valence-corrected chi connectivity index (χ1v) is 9.43. The Morgan fingerprint density at radius 3 is 2.52 bits per heavy atom. The number of aryl methyl sites for hydroxylation is 1. The number of benzene rings is 2. The van der Waals surface area contributed by atoms with Crippen molar-refractivity contribution in [1.29, 1.82) is 0 Å². The summed E-state index contributed by atoms with van der Waals surface area (Å²) in [4.78, 5) is 11.9. The number of amides is 1. The summed E-state index contributed by atoms with van der Waals surface area (Å²) in [7, 11) is 0. The highest BCUT2D eigenvalue weighted by Crippen LogP contribution is 2.28. The summed E-state index contributed by atoms with van der Waals surface area (Å²) in [6.45, 7) is 6.74. The molecule has 0 spiro atoms. The molecular formula is C20H23BrN2O4. The molecule has 1 N–H and O–H groups in total. The van der Waals surface area contributed by atoms with Crippen LogP contribution in [0.5, 0.6) is 17.2 Å². The van der Waals surface area contributed by atoms with E-state index in [1.54, 1.807) is 12.3 Å². The standard InChI is InChI=1S/C20H23BrN2O4/c1-4-25-18-9-6-15(11-19(18)26-5-2)12-22-23-20(24)13-27-16-7-8-17(21)14(3)10-16/h6-12H,4-5,13H2,1-3H3,(H,23,24)/b22-12+. The summed E-state index contributed by atoms with van der Waals surface area (Å²) in [5, 5.41) is 3.95. The molecule has 0 fully saturated rings. The van der Waals surface area contributed by atoms with E-state index in [0.29, 0.717) is 30.5 Å². The first-order valence-electron chi connectivity index (χ1n) is 8.64. The molecular weight excluding hydrogens is 412 g/mol. The van der Waals surface area contributed by atoms with Crippen molar-refractivity contribution in [2.45, 2.75) is 20.8 Å². The van der Waals surface area contributed by atoms with E-state index in [4.69, 9.17) is 14.2 Å². The van der Waals surface area contributed by atoms with Crippen LogP contribution >= 0.6 is 15.9 Å². The van der Waals surface area contributed by atoms with Gasteiger partial charge in [-0.15, -0.1) is 0 Å². The Labute approximate surface area is 167 Å². The van der Waals surface area contributed by atoms with Gasteiger partial charge >= 0.3 is 0 Å². The van der Waals surface area contributed by atoms with Crippen LogP contribution in [0.2, 0.25) is 0 Å². The minimum absolute atomic E-state index is 0.119. The number of nitrogens with one attached hydrogen (secondary N) is 1. The van der Waals surface area contributed by atoms with Gasteiger partial charge in [0.2, 0.25) is 0 Å². The van der Waals surface area contributed by atoms with E-state index >= 15 is 0 Å². The second kappa shape index (κ2) is 10.6. The maximum absolute atomic E-state index is 11.9. The van der Waals surface area contributed by atoms with E-state index in [2.05, 4.69) is 26.5 Å². The lowest BCUT2D eigenvalue weighted by Crippen LogP contribution is -2.24. The Morgan fingerprint density at radius 2 is 1.81 bits per heavy atom. The number of carbonyl (C=O) groups is 1. The fraction of sp³-hybridized carbons (Fsp3) is 0.300. The van der Waals surface area contributed by atoms with Crippen LogP contribution in [-0.4, -0.2) is 31.9 Å². The highest BCUT2D eigenvalue weighted by molar-refractivity contribution is 9.10. The zero-order chi connectivity index (χ0) is 19.6. The van der Waals surface area contributed by atoms with Crippen LogP contribution in [0.3, 0.4) is 0 Å². The van der Waals surface area contributed by atoms with E-state index in [9.17, 15) is 4.79 Å². The van der Waals surface area contributed by atoms with Crippen molar-refractivity contribution in [3.8, 4) is 17.2 Å². The van der Waals surface area contributed by atoms with Gasteiger partial charge < -0.3 is 14.2 Å². The molecule has 0 aliphatic rings. The first kappa shape index (κ1) is 20.8. The van der Waals surface area contributed by atoms with E-state index in [1.165, 1.54) is 0 Å². The number of halogens is 1. The quantitative estimate of drug-likeness (QED) is 0.476. The second-order valence-electron chi connectivity index (χ2n) is 5.57. The highest BCUT2D eigenvalue weighted by atomic mass is 79.9. The van der Waals surface area contributed by atoms with Gasteiger partial charge in [0, 0.05) is 4.47 Å². The van der Waals surface area contributed by atoms with Crippen LogP contribution in [0, 0.1) is 6.92 Å². The highest BCUT2D eigenvalue weighted by Gasteiger charge is 2.06. The van der Waals surface area contributed by atoms with Crippen molar-refractivity contribution in [3.63, 3.8) is 0 Å². The second-order valence-corrected chi connectivity index (χ2v) is 6.42. The number of hydrazone groups is 1. The molecule has 0 atom stereocenters. The van der Waals surface area contributed by atoms with Gasteiger partial charge in [0.15, 0.2) is 18.1 Å². The largest absolute Gasteiger partial charge is 0.490 e. The van der Waals surface area contributed by atoms with Crippen molar-refractivity contribution < 1.29 is 19.0 Å². The topological polar surface area (TPSA) is 69.2 Å². The van der Waals surface area contributed by atoms with Gasteiger partial charge in [-0.05, 0) is 68.3 Å². The molecule has 1 amide bonds. The molecule has 0 aliphatic heterocycles. The lowest BCUT2D eigenvalue weighted by molar-refractivity contribution is -0.123. The number of carbonyl (C=O) groups excluding carboxylic acids is 1. The molecule has 0 heterocycles. The van der Waals surface area contributed by atoms with Crippen LogP contribution in [0.25, 0.3) is 0 Å². The molecule has 0 aliphatic carbocycles. The average molecular weight is 435 g/mol. The number of ether oxygens (including phenoxy) is 3. The summed E-state index contributed by atoms with van der Waals surface area (Å²) < 4.78 is 17.5. The van der Waals surface area contributed by atoms with Crippen molar-refractivity contribution in [1.82, 2.24) is 5.43 Å². The maximum Gasteiger partial charge on any atom is 0.277 e. The Hall–Kier alpha value is -2.54. The molecule has 0 saturated carbocycles. The molecule has 2 aromatic carbocycles. The third kappa shape index (κ3) is 6.60. The maximum atomic E-state index is 11.9. The van der Waals surface area contributed by atoms with E-state index in [0.717, 1.165) is 15.6 Å². The van der Waals surface area contributed by atoms with Crippen LogP contribution in [-0.2, 0) is 4.79 Å². The van der Waals surface area contributed by atoms with E-state index in [1.807, 2.05) is 51.1 Å². The van der Waals surface area contributed by atoms with Gasteiger partial charge in [-0.3, -0.25) is 4.79 Å². The van der Waals surface area contributed by atoms with Gasteiger partial charge in [-0.2, -0.15) is 5.10 Å². The predicted octanol–water partition coefficient (Wildman–Crippen LogP) is 4.08. The number of hydrogen-bond donors (Lipinski definition) is 1. The fourth-order valence-electron chi connectivity index (χ4n) is 2.21. The van der Waals surface area contributed by atoms with Gasteiger partial charge in [0.25, 0.3) is 5.91 Å². The molecule has 6 nitrogen and oxygen atoms in total. The minimum atomic E-state index is -0.345. The Morgan fingerprint density at radius 1 is 1.07 bits per heavy atom. The van der Waals surface area contributed by atoms with Gasteiger partial charge in [0.05, 0.1) is 19.4 Å². The monoisotopic (exact) mass is 434 g/mol. The molecule has 144 valence electrons. The first-order chi connectivity index (χ1) is 13.0. The molecule has 2 aromatic rings. The zero-order valence-electron chi connectivity index (χ0n) is 15.6. The third-order valence-electron chi connectivity index (χ3n) is 3.47. The lowest BCUT2D eigenvalue weighted by Gasteiger charge is -2.11. The lowest BCUT2D eigenvalue weighted by atomic mass is 10.2. The van der Waals surface area contributed by atoms with E-state index in [-0.39, 0.29) is 12.5 Å². The Bertz CT molecular complexity index is 809. The average Bonchev–Trinajstić information content (AvgIpc) is 2.65. The van der Waals surface area contributed by atoms with Crippen LogP contribution in [0.1, 0.15) is 25.0 Å². The van der Waals surface area contributed by atoms with Crippen molar-refractivity contribution in [3.05, 3.63) is 52.0 Å². The van der Waals surface area contributed by atoms with Gasteiger partial charge in [-0.25, -0.2) is 5.43 Å². The van der Waals surface area contributed by atoms with Gasteiger partial charge in [0.1, 0.15) is 5.75 Å². The molecule has 2 rings (SSSR count). The smallest absolute Gasteiger partial charge is 0.277 e. The predicted molar refractivity (Wildman–Crippen MR) is 109 cm³/mol. The van der Waals surface area contributed by atoms with E-state index < -0.39 is 0 Å². The van der Waals surface area contributed by atoms with Crippen molar-refractivity contribution >= 4 is 28.1 Å². The zero-order valence-corrected chi connectivity index (χ0v) is 17.2. The SMILES string of the molecule is CCOc1ccc(/C=N/NC(=O)COc2ccc(Br)c(C)c2)cc1OCC. The molecule has 0 saturated heterocycles. The molecule has 7 heteroatoms. The summed E-state index contributed by atoms with van der Waals surface area (Å²) in [6.07, 6.45) is 1.54. The molecule has 0 radical (unpaired) electrons. The van der Waals surface area contributed by atoms with Crippen molar-refractivity contribution in [2.75, 3.05) is 19.8 Å². The summed E-state index contributed by atoms with van der Waals surface area (Å²) in [6, 6.07) is 11.0. The van der Waals surface area contributed by atoms with Gasteiger partial charge in [-0.1, -0.05) is 15.9 Å². The third-order valence-corrected chi connectivity index (χ3v) is 4.36. The molecule has 0 unspecified atom stereocenters. The Kier molecular flexibility index (Phi) is 8.13. The number of nitrogens with zero attached hydrogens (tertiary/aromatic N) is 1. The van der Waals surface area contributed by atoms with Crippen LogP contribution in [0.15, 0.2) is 46.0 Å². The summed E-state index contributed by atoms with van der Waals surface area (Å²) >= 11 is 3.42. The normalized spacial score (nSPS) is 10.7. The summed E-state index contributed by atoms with van der Waals surface area (Å²) in [5.74, 6) is 1.60. The molecule has 0 bridgehead atoms. The number of rotatable bonds is 9. The fourth-order valence-corrected chi connectivity index (χ4v) is 2.46. The number of hydrogen-bond acceptors (Lipinski definition) is 5.